The predicted octanol–water partition coefficient (Wildman–Crippen LogP) is 3.01. The number of carbonyl (C=O) groups excluding carboxylic acids is 1. The van der Waals surface area contributed by atoms with Gasteiger partial charge in [0.1, 0.15) is 0 Å². The lowest BCUT2D eigenvalue weighted by Gasteiger charge is -2.16. The lowest BCUT2D eigenvalue weighted by molar-refractivity contribution is -0.122. The van der Waals surface area contributed by atoms with Gasteiger partial charge in [-0.05, 0) is 48.9 Å². The van der Waals surface area contributed by atoms with Gasteiger partial charge in [-0.15, -0.1) is 0 Å². The molecular formula is C16H25ClN2O. The van der Waals surface area contributed by atoms with Crippen LogP contribution in [0.4, 0.5) is 0 Å². The SMILES string of the molecule is CC(C)C[C@H](CN)CC(=O)NCCc1cccc(Cl)c1. The highest BCUT2D eigenvalue weighted by molar-refractivity contribution is 6.30. The molecule has 0 aliphatic rings. The van der Waals surface area contributed by atoms with Gasteiger partial charge in [0.15, 0.2) is 0 Å². The Morgan fingerprint density at radius 2 is 2.15 bits per heavy atom. The van der Waals surface area contributed by atoms with Crippen LogP contribution in [-0.4, -0.2) is 19.0 Å². The Kier molecular flexibility index (Phi) is 7.63. The Balaban J connectivity index is 2.29. The van der Waals surface area contributed by atoms with Gasteiger partial charge in [-0.2, -0.15) is 0 Å². The maximum Gasteiger partial charge on any atom is 0.220 e. The van der Waals surface area contributed by atoms with Crippen molar-refractivity contribution in [2.24, 2.45) is 17.6 Å². The predicted molar refractivity (Wildman–Crippen MR) is 84.8 cm³/mol. The Morgan fingerprint density at radius 3 is 2.75 bits per heavy atom. The van der Waals surface area contributed by atoms with Crippen LogP contribution in [0.2, 0.25) is 5.02 Å². The fourth-order valence-corrected chi connectivity index (χ4v) is 2.52. The zero-order chi connectivity index (χ0) is 15.0. The fraction of sp³-hybridized carbons (Fsp3) is 0.562. The molecule has 1 rings (SSSR count). The smallest absolute Gasteiger partial charge is 0.220 e. The number of hydrogen-bond donors (Lipinski definition) is 2. The molecule has 0 aliphatic heterocycles. The second-order valence-electron chi connectivity index (χ2n) is 5.67. The van der Waals surface area contributed by atoms with E-state index >= 15 is 0 Å². The first-order valence-electron chi connectivity index (χ1n) is 7.22. The minimum absolute atomic E-state index is 0.0862. The van der Waals surface area contributed by atoms with E-state index in [9.17, 15) is 4.79 Å². The molecule has 1 aromatic rings. The molecule has 3 nitrogen and oxygen atoms in total. The van der Waals surface area contributed by atoms with Crippen LogP contribution in [-0.2, 0) is 11.2 Å². The molecule has 1 atom stereocenters. The monoisotopic (exact) mass is 296 g/mol. The topological polar surface area (TPSA) is 55.1 Å². The first-order chi connectivity index (χ1) is 9.51. The zero-order valence-corrected chi connectivity index (χ0v) is 13.1. The summed E-state index contributed by atoms with van der Waals surface area (Å²) in [6, 6.07) is 7.71. The van der Waals surface area contributed by atoms with E-state index in [1.807, 2.05) is 24.3 Å². The molecule has 0 unspecified atom stereocenters. The van der Waals surface area contributed by atoms with Crippen molar-refractivity contribution in [3.05, 3.63) is 34.9 Å². The van der Waals surface area contributed by atoms with E-state index in [2.05, 4.69) is 19.2 Å². The third kappa shape index (κ3) is 6.92. The largest absolute Gasteiger partial charge is 0.356 e. The average Bonchev–Trinajstić information content (AvgIpc) is 2.37. The van der Waals surface area contributed by atoms with Crippen LogP contribution in [0.5, 0.6) is 0 Å². The molecule has 4 heteroatoms. The van der Waals surface area contributed by atoms with Gasteiger partial charge in [0.25, 0.3) is 0 Å². The normalized spacial score (nSPS) is 12.4. The Hall–Kier alpha value is -1.06. The van der Waals surface area contributed by atoms with E-state index in [4.69, 9.17) is 17.3 Å². The zero-order valence-electron chi connectivity index (χ0n) is 12.4. The van der Waals surface area contributed by atoms with Crippen LogP contribution in [0.1, 0.15) is 32.3 Å². The minimum atomic E-state index is 0.0862. The molecule has 3 N–H and O–H groups in total. The molecule has 112 valence electrons. The molecule has 0 spiro atoms. The van der Waals surface area contributed by atoms with Gasteiger partial charge in [0.2, 0.25) is 5.91 Å². The number of hydrogen-bond acceptors (Lipinski definition) is 2. The molecule has 20 heavy (non-hydrogen) atoms. The lowest BCUT2D eigenvalue weighted by atomic mass is 9.94. The molecule has 0 saturated carbocycles. The lowest BCUT2D eigenvalue weighted by Crippen LogP contribution is -2.30. The van der Waals surface area contributed by atoms with Gasteiger partial charge < -0.3 is 11.1 Å². The quantitative estimate of drug-likeness (QED) is 0.775. The summed E-state index contributed by atoms with van der Waals surface area (Å²) in [6.45, 7) is 5.51. The van der Waals surface area contributed by atoms with E-state index in [1.165, 1.54) is 0 Å². The highest BCUT2D eigenvalue weighted by Gasteiger charge is 2.13. The van der Waals surface area contributed by atoms with Crippen molar-refractivity contribution in [2.75, 3.05) is 13.1 Å². The summed E-state index contributed by atoms with van der Waals surface area (Å²) in [5, 5.41) is 3.68. The first-order valence-corrected chi connectivity index (χ1v) is 7.60. The van der Waals surface area contributed by atoms with Crippen LogP contribution in [0.3, 0.4) is 0 Å². The molecule has 0 fully saturated rings. The summed E-state index contributed by atoms with van der Waals surface area (Å²) in [5.41, 5.74) is 6.85. The highest BCUT2D eigenvalue weighted by atomic mass is 35.5. The van der Waals surface area contributed by atoms with Gasteiger partial charge >= 0.3 is 0 Å². The Morgan fingerprint density at radius 1 is 1.40 bits per heavy atom. The summed E-state index contributed by atoms with van der Waals surface area (Å²) < 4.78 is 0. The van der Waals surface area contributed by atoms with Crippen LogP contribution in [0.15, 0.2) is 24.3 Å². The van der Waals surface area contributed by atoms with Crippen molar-refractivity contribution in [1.82, 2.24) is 5.32 Å². The van der Waals surface area contributed by atoms with E-state index in [0.29, 0.717) is 25.4 Å². The molecule has 0 aromatic heterocycles. The summed E-state index contributed by atoms with van der Waals surface area (Å²) >= 11 is 5.92. The van der Waals surface area contributed by atoms with Crippen molar-refractivity contribution in [3.63, 3.8) is 0 Å². The molecular weight excluding hydrogens is 272 g/mol. The summed E-state index contributed by atoms with van der Waals surface area (Å²) in [6.07, 6.45) is 2.31. The van der Waals surface area contributed by atoms with Crippen LogP contribution in [0.25, 0.3) is 0 Å². The summed E-state index contributed by atoms with van der Waals surface area (Å²) in [7, 11) is 0. The standard InChI is InChI=1S/C16H25ClN2O/c1-12(2)8-14(11-18)10-16(20)19-7-6-13-4-3-5-15(17)9-13/h3-5,9,12,14H,6-8,10-11,18H2,1-2H3,(H,19,20)/t14-/m0/s1. The first kappa shape index (κ1) is 17.0. The van der Waals surface area contributed by atoms with E-state index < -0.39 is 0 Å². The molecule has 0 bridgehead atoms. The molecule has 0 saturated heterocycles. The Bertz CT molecular complexity index is 421. The van der Waals surface area contributed by atoms with Crippen LogP contribution >= 0.6 is 11.6 Å². The van der Waals surface area contributed by atoms with Gasteiger partial charge in [-0.25, -0.2) is 0 Å². The number of carbonyl (C=O) groups is 1. The van der Waals surface area contributed by atoms with Gasteiger partial charge in [-0.1, -0.05) is 37.6 Å². The van der Waals surface area contributed by atoms with Crippen molar-refractivity contribution < 1.29 is 4.79 Å². The van der Waals surface area contributed by atoms with Gasteiger partial charge in [0.05, 0.1) is 0 Å². The molecule has 0 radical (unpaired) electrons. The van der Waals surface area contributed by atoms with Crippen molar-refractivity contribution in [2.45, 2.75) is 33.1 Å². The maximum absolute atomic E-state index is 11.9. The number of benzene rings is 1. The number of halogens is 1. The second kappa shape index (κ2) is 8.98. The third-order valence-corrected chi connectivity index (χ3v) is 3.47. The third-order valence-electron chi connectivity index (χ3n) is 3.24. The molecule has 0 aliphatic carbocycles. The van der Waals surface area contributed by atoms with Crippen molar-refractivity contribution in [1.29, 1.82) is 0 Å². The van der Waals surface area contributed by atoms with E-state index in [1.54, 1.807) is 0 Å². The fourth-order valence-electron chi connectivity index (χ4n) is 2.30. The van der Waals surface area contributed by atoms with Gasteiger partial charge in [0, 0.05) is 18.0 Å². The van der Waals surface area contributed by atoms with Crippen LogP contribution < -0.4 is 11.1 Å². The number of nitrogens with two attached hydrogens (primary N) is 1. The molecule has 1 aromatic carbocycles. The average molecular weight is 297 g/mol. The Labute approximate surface area is 126 Å². The summed E-state index contributed by atoms with van der Waals surface area (Å²) in [4.78, 5) is 11.9. The highest BCUT2D eigenvalue weighted by Crippen LogP contribution is 2.14. The van der Waals surface area contributed by atoms with Crippen LogP contribution in [0, 0.1) is 11.8 Å². The second-order valence-corrected chi connectivity index (χ2v) is 6.10. The van der Waals surface area contributed by atoms with E-state index in [-0.39, 0.29) is 11.8 Å². The number of nitrogens with one attached hydrogen (secondary N) is 1. The van der Waals surface area contributed by atoms with Crippen molar-refractivity contribution >= 4 is 17.5 Å². The number of rotatable bonds is 8. The van der Waals surface area contributed by atoms with Gasteiger partial charge in [-0.3, -0.25) is 4.79 Å². The summed E-state index contributed by atoms with van der Waals surface area (Å²) in [5.74, 6) is 0.937. The number of amides is 1. The van der Waals surface area contributed by atoms with E-state index in [0.717, 1.165) is 23.4 Å². The van der Waals surface area contributed by atoms with Crippen molar-refractivity contribution in [3.8, 4) is 0 Å². The molecule has 0 heterocycles. The molecule has 1 amide bonds. The maximum atomic E-state index is 11.9. The minimum Gasteiger partial charge on any atom is -0.356 e.